The summed E-state index contributed by atoms with van der Waals surface area (Å²) in [4.78, 5) is 48.8. The number of anilines is 2. The maximum Gasteiger partial charge on any atom is 0.299 e. The Morgan fingerprint density at radius 1 is 1.06 bits per heavy atom. The van der Waals surface area contributed by atoms with Gasteiger partial charge in [-0.3, -0.25) is 19.3 Å². The first-order valence-electron chi connectivity index (χ1n) is 11.0. The van der Waals surface area contributed by atoms with E-state index in [-0.39, 0.29) is 19.0 Å². The second-order valence-corrected chi connectivity index (χ2v) is 8.80. The molecular formula is C27H21ClN4O3. The van der Waals surface area contributed by atoms with E-state index in [9.17, 15) is 14.4 Å². The van der Waals surface area contributed by atoms with Gasteiger partial charge in [-0.1, -0.05) is 47.5 Å². The number of hydrogen-bond acceptors (Lipinski definition) is 4. The van der Waals surface area contributed by atoms with Crippen LogP contribution >= 0.6 is 11.6 Å². The van der Waals surface area contributed by atoms with E-state index in [1.54, 1.807) is 41.7 Å². The van der Waals surface area contributed by atoms with Crippen molar-refractivity contribution >= 4 is 40.6 Å². The van der Waals surface area contributed by atoms with Crippen LogP contribution in [0.2, 0.25) is 5.02 Å². The van der Waals surface area contributed by atoms with Crippen molar-refractivity contribution in [3.05, 3.63) is 101 Å². The molecule has 7 nitrogen and oxygen atoms in total. The third kappa shape index (κ3) is 4.46. The lowest BCUT2D eigenvalue weighted by Gasteiger charge is -2.26. The first kappa shape index (κ1) is 22.6. The highest BCUT2D eigenvalue weighted by atomic mass is 35.5. The lowest BCUT2D eigenvalue weighted by atomic mass is 10.1. The smallest absolute Gasteiger partial charge is 0.299 e. The summed E-state index contributed by atoms with van der Waals surface area (Å²) in [6.45, 7) is 1.84. The highest BCUT2D eigenvalue weighted by Crippen LogP contribution is 2.30. The number of Topliss-reactive ketones (excluding diaryl/α,β-unsaturated/α-hetero) is 1. The number of rotatable bonds is 6. The zero-order chi connectivity index (χ0) is 24.5. The lowest BCUT2D eigenvalue weighted by molar-refractivity contribution is -0.120. The van der Waals surface area contributed by atoms with Crippen molar-refractivity contribution in [3.63, 3.8) is 0 Å². The van der Waals surface area contributed by atoms with E-state index in [0.29, 0.717) is 22.0 Å². The number of aromatic amines is 1. The van der Waals surface area contributed by atoms with Gasteiger partial charge >= 0.3 is 0 Å². The average molecular weight is 485 g/mol. The van der Waals surface area contributed by atoms with Gasteiger partial charge in [0.2, 0.25) is 5.91 Å². The fourth-order valence-electron chi connectivity index (χ4n) is 4.17. The Hall–Kier alpha value is -4.23. The van der Waals surface area contributed by atoms with Crippen LogP contribution < -0.4 is 9.80 Å². The number of hydrogen-bond donors (Lipinski definition) is 1. The second kappa shape index (κ2) is 9.19. The molecule has 5 rings (SSSR count). The number of aromatic nitrogens is 2. The van der Waals surface area contributed by atoms with Crippen molar-refractivity contribution in [3.8, 4) is 11.3 Å². The Bertz CT molecular complexity index is 1430. The lowest BCUT2D eigenvalue weighted by Crippen LogP contribution is -2.42. The third-order valence-corrected chi connectivity index (χ3v) is 6.17. The van der Waals surface area contributed by atoms with Crippen LogP contribution in [0.25, 0.3) is 11.3 Å². The van der Waals surface area contributed by atoms with E-state index < -0.39 is 11.7 Å². The average Bonchev–Trinajstić information content (AvgIpc) is 3.47. The number of halogens is 1. The molecule has 1 aromatic heterocycles. The van der Waals surface area contributed by atoms with E-state index in [0.717, 1.165) is 22.4 Å². The number of ketones is 1. The van der Waals surface area contributed by atoms with E-state index in [1.807, 2.05) is 49.4 Å². The number of benzene rings is 3. The third-order valence-electron chi connectivity index (χ3n) is 5.94. The Morgan fingerprint density at radius 3 is 2.57 bits per heavy atom. The van der Waals surface area contributed by atoms with Crippen LogP contribution in [0.1, 0.15) is 21.5 Å². The summed E-state index contributed by atoms with van der Waals surface area (Å²) in [6.07, 6.45) is 3.32. The van der Waals surface area contributed by atoms with Gasteiger partial charge in [-0.15, -0.1) is 0 Å². The number of fused-ring (bicyclic) bond motifs is 1. The zero-order valence-corrected chi connectivity index (χ0v) is 19.6. The quantitative estimate of drug-likeness (QED) is 0.398. The predicted molar refractivity (Wildman–Crippen MR) is 135 cm³/mol. The number of imidazole rings is 1. The van der Waals surface area contributed by atoms with Gasteiger partial charge in [0.15, 0.2) is 0 Å². The maximum atomic E-state index is 13.6. The summed E-state index contributed by atoms with van der Waals surface area (Å²) >= 11 is 6.17. The standard InChI is InChI=1S/C27H21ClN4O3/c1-17-5-10-24-22(11-17)26(34)27(35)32(24)15-25(33)31(14-18-3-2-4-20(28)12-18)21-8-6-19(7-9-21)23-13-29-16-30-23/h2-13,16H,14-15H2,1H3,(H,29,30). The summed E-state index contributed by atoms with van der Waals surface area (Å²) in [5.41, 5.74) is 4.93. The topological polar surface area (TPSA) is 86.4 Å². The van der Waals surface area contributed by atoms with Crippen LogP contribution in [0, 0.1) is 6.92 Å². The van der Waals surface area contributed by atoms with Crippen LogP contribution in [-0.4, -0.2) is 34.1 Å². The van der Waals surface area contributed by atoms with Gasteiger partial charge in [-0.2, -0.15) is 0 Å². The van der Waals surface area contributed by atoms with E-state index in [4.69, 9.17) is 11.6 Å². The molecule has 0 spiro atoms. The van der Waals surface area contributed by atoms with Gasteiger partial charge in [-0.25, -0.2) is 4.98 Å². The van der Waals surface area contributed by atoms with Crippen molar-refractivity contribution in [1.29, 1.82) is 0 Å². The minimum Gasteiger partial charge on any atom is -0.345 e. The van der Waals surface area contributed by atoms with Crippen molar-refractivity contribution in [2.75, 3.05) is 16.3 Å². The van der Waals surface area contributed by atoms with Crippen LogP contribution in [0.5, 0.6) is 0 Å². The molecule has 2 amide bonds. The van der Waals surface area contributed by atoms with Crippen LogP contribution in [0.15, 0.2) is 79.3 Å². The number of carbonyl (C=O) groups is 3. The zero-order valence-electron chi connectivity index (χ0n) is 18.9. The minimum absolute atomic E-state index is 0.250. The molecule has 8 heteroatoms. The summed E-state index contributed by atoms with van der Waals surface area (Å²) in [5.74, 6) is -1.62. The Balaban J connectivity index is 1.46. The monoisotopic (exact) mass is 484 g/mol. The fraction of sp³-hybridized carbons (Fsp3) is 0.111. The molecule has 0 unspecified atom stereocenters. The van der Waals surface area contributed by atoms with Crippen molar-refractivity contribution in [1.82, 2.24) is 9.97 Å². The molecule has 3 aromatic carbocycles. The normalized spacial score (nSPS) is 12.7. The number of nitrogens with zero attached hydrogens (tertiary/aromatic N) is 3. The molecule has 35 heavy (non-hydrogen) atoms. The second-order valence-electron chi connectivity index (χ2n) is 8.36. The number of aryl methyl sites for hydroxylation is 1. The summed E-state index contributed by atoms with van der Waals surface area (Å²) < 4.78 is 0. The molecule has 4 aromatic rings. The van der Waals surface area contributed by atoms with Crippen LogP contribution in [-0.2, 0) is 16.1 Å². The molecule has 0 fully saturated rings. The van der Waals surface area contributed by atoms with Gasteiger partial charge in [0, 0.05) is 10.7 Å². The number of carbonyl (C=O) groups excluding carboxylic acids is 3. The molecule has 0 saturated carbocycles. The molecule has 2 heterocycles. The highest BCUT2D eigenvalue weighted by molar-refractivity contribution is 6.52. The van der Waals surface area contributed by atoms with Gasteiger partial charge in [0.1, 0.15) is 6.54 Å². The fourth-order valence-corrected chi connectivity index (χ4v) is 4.38. The number of H-pyrrole nitrogens is 1. The predicted octanol–water partition coefficient (Wildman–Crippen LogP) is 4.80. The first-order valence-corrected chi connectivity index (χ1v) is 11.4. The van der Waals surface area contributed by atoms with Gasteiger partial charge in [0.05, 0.1) is 36.0 Å². The molecule has 0 bridgehead atoms. The minimum atomic E-state index is -0.698. The van der Waals surface area contributed by atoms with E-state index >= 15 is 0 Å². The molecule has 174 valence electrons. The molecule has 0 aliphatic carbocycles. The molecule has 1 aliphatic rings. The van der Waals surface area contributed by atoms with Gasteiger partial charge < -0.3 is 9.88 Å². The molecule has 0 saturated heterocycles. The van der Waals surface area contributed by atoms with E-state index in [2.05, 4.69) is 9.97 Å². The molecule has 0 atom stereocenters. The number of nitrogens with one attached hydrogen (secondary N) is 1. The first-order chi connectivity index (χ1) is 16.9. The van der Waals surface area contributed by atoms with Crippen LogP contribution in [0.4, 0.5) is 11.4 Å². The molecule has 0 radical (unpaired) electrons. The number of amides is 2. The Kier molecular flexibility index (Phi) is 5.93. The summed E-state index contributed by atoms with van der Waals surface area (Å²) in [5, 5.41) is 0.564. The SMILES string of the molecule is Cc1ccc2c(c1)C(=O)C(=O)N2CC(=O)N(Cc1cccc(Cl)c1)c1ccc(-c2cnc[nH]2)cc1. The Morgan fingerprint density at radius 2 is 1.86 bits per heavy atom. The molecule has 1 N–H and O–H groups in total. The molecular weight excluding hydrogens is 464 g/mol. The highest BCUT2D eigenvalue weighted by Gasteiger charge is 2.37. The van der Waals surface area contributed by atoms with Gasteiger partial charge in [0.25, 0.3) is 11.7 Å². The maximum absolute atomic E-state index is 13.6. The van der Waals surface area contributed by atoms with Crippen LogP contribution in [0.3, 0.4) is 0 Å². The Labute approximate surface area is 207 Å². The largest absolute Gasteiger partial charge is 0.345 e. The van der Waals surface area contributed by atoms with Gasteiger partial charge in [-0.05, 0) is 54.4 Å². The molecule has 1 aliphatic heterocycles. The van der Waals surface area contributed by atoms with Crippen molar-refractivity contribution < 1.29 is 14.4 Å². The summed E-state index contributed by atoms with van der Waals surface area (Å²) in [6, 6.07) is 19.9. The van der Waals surface area contributed by atoms with Crippen molar-refractivity contribution in [2.45, 2.75) is 13.5 Å². The van der Waals surface area contributed by atoms with Crippen molar-refractivity contribution in [2.24, 2.45) is 0 Å². The van der Waals surface area contributed by atoms with E-state index in [1.165, 1.54) is 4.90 Å². The summed E-state index contributed by atoms with van der Waals surface area (Å²) in [7, 11) is 0.